The van der Waals surface area contributed by atoms with Gasteiger partial charge in [0.1, 0.15) is 0 Å². The van der Waals surface area contributed by atoms with Crippen LogP contribution >= 0.6 is 0 Å². The van der Waals surface area contributed by atoms with Crippen molar-refractivity contribution in [1.29, 1.82) is 5.26 Å². The van der Waals surface area contributed by atoms with Crippen molar-refractivity contribution in [3.05, 3.63) is 34.4 Å². The van der Waals surface area contributed by atoms with E-state index in [0.29, 0.717) is 12.0 Å². The summed E-state index contributed by atoms with van der Waals surface area (Å²) in [5.74, 6) is 0. The molecule has 0 aromatic heterocycles. The van der Waals surface area contributed by atoms with Crippen LogP contribution < -0.4 is 9.86 Å². The van der Waals surface area contributed by atoms with Gasteiger partial charge in [-0.3, -0.25) is 0 Å². The molecule has 3 N–H and O–H groups in total. The number of nitriles is 1. The highest BCUT2D eigenvalue weighted by Crippen LogP contribution is 2.34. The Morgan fingerprint density at radius 1 is 1.53 bits per heavy atom. The van der Waals surface area contributed by atoms with Crippen LogP contribution in [0.15, 0.2) is 12.1 Å². The van der Waals surface area contributed by atoms with Crippen LogP contribution in [-0.4, -0.2) is 8.42 Å². The molecule has 0 bridgehead atoms. The van der Waals surface area contributed by atoms with Crippen LogP contribution in [0.5, 0.6) is 0 Å². The fourth-order valence-corrected chi connectivity index (χ4v) is 3.03. The van der Waals surface area contributed by atoms with Crippen molar-refractivity contribution in [2.45, 2.75) is 25.8 Å². The molecule has 0 radical (unpaired) electrons. The average molecular weight is 251 g/mol. The molecule has 17 heavy (non-hydrogen) atoms. The van der Waals surface area contributed by atoms with Gasteiger partial charge in [-0.25, -0.2) is 5.14 Å². The van der Waals surface area contributed by atoms with E-state index >= 15 is 0 Å². The molecule has 1 aromatic rings. The Labute approximate surface area is 100 Å². The van der Waals surface area contributed by atoms with Gasteiger partial charge in [-0.15, -0.1) is 0 Å². The number of nitrogens with two attached hydrogens (primary N) is 1. The van der Waals surface area contributed by atoms with Gasteiger partial charge in [-0.05, 0) is 48.6 Å². The predicted octanol–water partition coefficient (Wildman–Crippen LogP) is 0.647. The minimum Gasteiger partial charge on any atom is -0.216 e. The van der Waals surface area contributed by atoms with E-state index in [4.69, 9.17) is 10.4 Å². The molecule has 1 aliphatic carbocycles. The maximum atomic E-state index is 11.0. The van der Waals surface area contributed by atoms with Crippen molar-refractivity contribution in [2.75, 3.05) is 0 Å². The van der Waals surface area contributed by atoms with Crippen LogP contribution in [0.25, 0.3) is 0 Å². The van der Waals surface area contributed by atoms with Crippen molar-refractivity contribution in [2.24, 2.45) is 5.14 Å². The van der Waals surface area contributed by atoms with Gasteiger partial charge >= 0.3 is 0 Å². The van der Waals surface area contributed by atoms with Crippen molar-refractivity contribution >= 4 is 10.2 Å². The highest BCUT2D eigenvalue weighted by molar-refractivity contribution is 7.87. The fourth-order valence-electron chi connectivity index (χ4n) is 2.40. The topological polar surface area (TPSA) is 96.0 Å². The first-order valence-corrected chi connectivity index (χ1v) is 6.79. The van der Waals surface area contributed by atoms with E-state index in [1.807, 2.05) is 13.0 Å². The second-order valence-corrected chi connectivity index (χ2v) is 5.56. The van der Waals surface area contributed by atoms with E-state index in [1.165, 1.54) is 0 Å². The average Bonchev–Trinajstić information content (AvgIpc) is 2.59. The summed E-state index contributed by atoms with van der Waals surface area (Å²) in [6, 6.07) is 5.41. The number of nitrogens with one attached hydrogen (secondary N) is 1. The van der Waals surface area contributed by atoms with Crippen LogP contribution in [0.3, 0.4) is 0 Å². The third-order valence-electron chi connectivity index (χ3n) is 2.96. The molecular formula is C11H13N3O2S. The summed E-state index contributed by atoms with van der Waals surface area (Å²) in [4.78, 5) is 0. The van der Waals surface area contributed by atoms with Crippen molar-refractivity contribution in [3.8, 4) is 6.07 Å². The molecule has 0 aliphatic heterocycles. The summed E-state index contributed by atoms with van der Waals surface area (Å²) in [6.07, 6.45) is 1.44. The number of fused-ring (bicyclic) bond motifs is 1. The molecule has 1 aliphatic rings. The molecule has 5 nitrogen and oxygen atoms in total. The predicted molar refractivity (Wildman–Crippen MR) is 63.2 cm³/mol. The lowest BCUT2D eigenvalue weighted by Gasteiger charge is -2.14. The highest BCUT2D eigenvalue weighted by Gasteiger charge is 2.27. The molecule has 0 fully saturated rings. The summed E-state index contributed by atoms with van der Waals surface area (Å²) < 4.78 is 24.5. The van der Waals surface area contributed by atoms with Crippen molar-refractivity contribution in [1.82, 2.24) is 4.72 Å². The van der Waals surface area contributed by atoms with Crippen molar-refractivity contribution < 1.29 is 8.42 Å². The van der Waals surface area contributed by atoms with Gasteiger partial charge in [-0.1, -0.05) is 0 Å². The molecule has 0 saturated heterocycles. The quantitative estimate of drug-likeness (QED) is 0.807. The normalized spacial score (nSPS) is 18.8. The second kappa shape index (κ2) is 4.11. The number of nitrogens with zero attached hydrogens (tertiary/aromatic N) is 1. The van der Waals surface area contributed by atoms with E-state index in [2.05, 4.69) is 10.8 Å². The highest BCUT2D eigenvalue weighted by atomic mass is 32.2. The molecule has 0 unspecified atom stereocenters. The number of aryl methyl sites for hydroxylation is 2. The molecule has 6 heteroatoms. The SMILES string of the molecule is Cc1cc(C#N)cc2c1[C@@H](NS(N)(=O)=O)CC2. The molecule has 90 valence electrons. The number of rotatable bonds is 2. The zero-order valence-electron chi connectivity index (χ0n) is 9.40. The van der Waals surface area contributed by atoms with Gasteiger partial charge in [0.15, 0.2) is 0 Å². The Morgan fingerprint density at radius 3 is 2.82 bits per heavy atom. The second-order valence-electron chi connectivity index (χ2n) is 4.23. The standard InChI is InChI=1S/C11H13N3O2S/c1-7-4-8(6-12)5-9-2-3-10(11(7)9)14-17(13,15)16/h4-5,10,14H,2-3H2,1H3,(H2,13,15,16)/t10-/m0/s1. The Morgan fingerprint density at radius 2 is 2.24 bits per heavy atom. The van der Waals surface area contributed by atoms with E-state index in [1.54, 1.807) is 6.07 Å². The van der Waals surface area contributed by atoms with Crippen LogP contribution in [0.1, 0.15) is 34.7 Å². The minimum atomic E-state index is -3.70. The van der Waals surface area contributed by atoms with Crippen LogP contribution in [0.2, 0.25) is 0 Å². The summed E-state index contributed by atoms with van der Waals surface area (Å²) in [5, 5.41) is 13.9. The molecule has 1 aromatic carbocycles. The summed E-state index contributed by atoms with van der Waals surface area (Å²) in [7, 11) is -3.70. The minimum absolute atomic E-state index is 0.271. The number of benzene rings is 1. The third-order valence-corrected chi connectivity index (χ3v) is 3.57. The van der Waals surface area contributed by atoms with Gasteiger partial charge in [0.25, 0.3) is 10.2 Å². The van der Waals surface area contributed by atoms with Gasteiger partial charge in [0.05, 0.1) is 11.6 Å². The van der Waals surface area contributed by atoms with Gasteiger partial charge in [0, 0.05) is 6.04 Å². The maximum absolute atomic E-state index is 11.0. The monoisotopic (exact) mass is 251 g/mol. The summed E-state index contributed by atoms with van der Waals surface area (Å²) in [5.41, 5.74) is 3.52. The lowest BCUT2D eigenvalue weighted by molar-refractivity contribution is 0.555. The third kappa shape index (κ3) is 2.47. The van der Waals surface area contributed by atoms with E-state index in [-0.39, 0.29) is 6.04 Å². The molecule has 0 heterocycles. The molecule has 0 spiro atoms. The van der Waals surface area contributed by atoms with Gasteiger partial charge in [0.2, 0.25) is 0 Å². The Balaban J connectivity index is 2.43. The molecule has 1 atom stereocenters. The first kappa shape index (κ1) is 12.0. The first-order chi connectivity index (χ1) is 7.90. The number of hydrogen-bond donors (Lipinski definition) is 2. The molecule has 2 rings (SSSR count). The van der Waals surface area contributed by atoms with Gasteiger partial charge < -0.3 is 0 Å². The molecule has 0 saturated carbocycles. The van der Waals surface area contributed by atoms with Gasteiger partial charge in [-0.2, -0.15) is 18.4 Å². The van der Waals surface area contributed by atoms with E-state index in [0.717, 1.165) is 23.1 Å². The Bertz CT molecular complexity index is 602. The van der Waals surface area contributed by atoms with Crippen LogP contribution in [0, 0.1) is 18.3 Å². The zero-order valence-corrected chi connectivity index (χ0v) is 10.2. The summed E-state index contributed by atoms with van der Waals surface area (Å²) >= 11 is 0. The van der Waals surface area contributed by atoms with Crippen molar-refractivity contribution in [3.63, 3.8) is 0 Å². The first-order valence-electron chi connectivity index (χ1n) is 5.24. The molecular weight excluding hydrogens is 238 g/mol. The largest absolute Gasteiger partial charge is 0.274 e. The van der Waals surface area contributed by atoms with E-state index in [9.17, 15) is 8.42 Å². The summed E-state index contributed by atoms with van der Waals surface area (Å²) in [6.45, 7) is 1.88. The fraction of sp³-hybridized carbons (Fsp3) is 0.364. The molecule has 0 amide bonds. The lowest BCUT2D eigenvalue weighted by atomic mass is 9.99. The Kier molecular flexibility index (Phi) is 2.91. The van der Waals surface area contributed by atoms with E-state index < -0.39 is 10.2 Å². The van der Waals surface area contributed by atoms with Crippen LogP contribution in [0.4, 0.5) is 0 Å². The Hall–Kier alpha value is -1.42. The van der Waals surface area contributed by atoms with Crippen LogP contribution in [-0.2, 0) is 16.6 Å². The smallest absolute Gasteiger partial charge is 0.216 e. The lowest BCUT2D eigenvalue weighted by Crippen LogP contribution is -2.33. The zero-order chi connectivity index (χ0) is 12.6. The maximum Gasteiger partial charge on any atom is 0.274 e. The number of hydrogen-bond acceptors (Lipinski definition) is 3.